The molecule has 2 rings (SSSR count). The molecular weight excluding hydrogens is 298 g/mol. The fourth-order valence-electron chi connectivity index (χ4n) is 1.82. The molecule has 1 aromatic heterocycles. The fourth-order valence-corrected chi connectivity index (χ4v) is 2.60. The van der Waals surface area contributed by atoms with Crippen LogP contribution in [-0.2, 0) is 9.84 Å². The summed E-state index contributed by atoms with van der Waals surface area (Å²) in [5.74, 6) is 0.868. The molecule has 0 spiro atoms. The second-order valence-electron chi connectivity index (χ2n) is 4.45. The number of hydrogen-bond donors (Lipinski definition) is 1. The second-order valence-corrected chi connectivity index (χ2v) is 7.15. The lowest BCUT2D eigenvalue weighted by Gasteiger charge is -2.05. The first-order valence-electron chi connectivity index (χ1n) is 6.00. The molecule has 0 bridgehead atoms. The molecule has 2 aromatic rings. The molecule has 1 aromatic carbocycles. The summed E-state index contributed by atoms with van der Waals surface area (Å²) in [6.07, 6.45) is 1.59. The van der Waals surface area contributed by atoms with Crippen LogP contribution in [0.4, 0.5) is 0 Å². The Morgan fingerprint density at radius 1 is 1.40 bits per heavy atom. The highest BCUT2D eigenvalue weighted by Gasteiger charge is 2.17. The number of furan rings is 1. The van der Waals surface area contributed by atoms with Crippen LogP contribution in [0.5, 0.6) is 5.75 Å². The molecule has 0 saturated heterocycles. The molecule has 0 aliphatic rings. The average molecular weight is 313 g/mol. The lowest BCUT2D eigenvalue weighted by molar-refractivity contribution is 0.316. The van der Waals surface area contributed by atoms with E-state index < -0.39 is 9.84 Å². The first-order valence-corrected chi connectivity index (χ1v) is 8.47. The van der Waals surface area contributed by atoms with Crippen molar-refractivity contribution < 1.29 is 17.6 Å². The van der Waals surface area contributed by atoms with Gasteiger partial charge in [0.15, 0.2) is 5.75 Å². The van der Waals surface area contributed by atoms with Crippen molar-refractivity contribution >= 4 is 38.0 Å². The second kappa shape index (κ2) is 5.80. The maximum absolute atomic E-state index is 11.1. The third-order valence-corrected chi connectivity index (χ3v) is 3.90. The van der Waals surface area contributed by atoms with Gasteiger partial charge in [0.1, 0.15) is 20.4 Å². The van der Waals surface area contributed by atoms with Gasteiger partial charge in [-0.1, -0.05) is 24.4 Å². The summed E-state index contributed by atoms with van der Waals surface area (Å²) in [7, 11) is -2.99. The standard InChI is InChI=1S/C13H15NO4S2/c1-20(15,16)8-4-7-17-11-9-5-2-3-6-10(9)18-12(11)13(14)19/h2-3,5-6H,4,7-8H2,1H3,(H2,14,19). The van der Waals surface area contributed by atoms with Crippen LogP contribution in [0.2, 0.25) is 0 Å². The van der Waals surface area contributed by atoms with Gasteiger partial charge in [0.2, 0.25) is 5.76 Å². The summed E-state index contributed by atoms with van der Waals surface area (Å²) in [5.41, 5.74) is 6.25. The highest BCUT2D eigenvalue weighted by Crippen LogP contribution is 2.33. The van der Waals surface area contributed by atoms with Gasteiger partial charge in [-0.05, 0) is 18.6 Å². The Kier molecular flexibility index (Phi) is 4.29. The van der Waals surface area contributed by atoms with Crippen molar-refractivity contribution in [2.45, 2.75) is 6.42 Å². The summed E-state index contributed by atoms with van der Waals surface area (Å²) in [6.45, 7) is 0.256. The van der Waals surface area contributed by atoms with Crippen LogP contribution >= 0.6 is 12.2 Å². The zero-order valence-electron chi connectivity index (χ0n) is 11.0. The van der Waals surface area contributed by atoms with Gasteiger partial charge in [-0.3, -0.25) is 0 Å². The molecule has 2 N–H and O–H groups in total. The molecule has 0 fully saturated rings. The Bertz CT molecular complexity index is 734. The van der Waals surface area contributed by atoms with Crippen LogP contribution in [0.25, 0.3) is 11.0 Å². The summed E-state index contributed by atoms with van der Waals surface area (Å²) in [6, 6.07) is 7.32. The highest BCUT2D eigenvalue weighted by atomic mass is 32.2. The maximum atomic E-state index is 11.1. The van der Waals surface area contributed by atoms with Crippen molar-refractivity contribution in [3.63, 3.8) is 0 Å². The van der Waals surface area contributed by atoms with Crippen LogP contribution in [0.15, 0.2) is 28.7 Å². The van der Waals surface area contributed by atoms with E-state index in [1.807, 2.05) is 18.2 Å². The van der Waals surface area contributed by atoms with Crippen LogP contribution < -0.4 is 10.5 Å². The van der Waals surface area contributed by atoms with Gasteiger partial charge in [-0.25, -0.2) is 8.42 Å². The number of sulfone groups is 1. The molecule has 0 atom stereocenters. The van der Waals surface area contributed by atoms with Gasteiger partial charge in [-0.15, -0.1) is 0 Å². The van der Waals surface area contributed by atoms with Gasteiger partial charge >= 0.3 is 0 Å². The minimum Gasteiger partial charge on any atom is -0.489 e. The summed E-state index contributed by atoms with van der Waals surface area (Å²) in [4.78, 5) is 0.110. The maximum Gasteiger partial charge on any atom is 0.204 e. The number of benzene rings is 1. The van der Waals surface area contributed by atoms with Crippen LogP contribution in [0.3, 0.4) is 0 Å². The number of fused-ring (bicyclic) bond motifs is 1. The van der Waals surface area contributed by atoms with Crippen molar-refractivity contribution in [1.82, 2.24) is 0 Å². The third-order valence-electron chi connectivity index (χ3n) is 2.68. The zero-order chi connectivity index (χ0) is 14.8. The smallest absolute Gasteiger partial charge is 0.204 e. The number of hydrogen-bond acceptors (Lipinski definition) is 5. The lowest BCUT2D eigenvalue weighted by Crippen LogP contribution is -2.12. The number of para-hydroxylation sites is 1. The van der Waals surface area contributed by atoms with E-state index in [-0.39, 0.29) is 17.3 Å². The Morgan fingerprint density at radius 3 is 2.75 bits per heavy atom. The van der Waals surface area contributed by atoms with E-state index in [2.05, 4.69) is 0 Å². The van der Waals surface area contributed by atoms with E-state index in [0.29, 0.717) is 23.5 Å². The topological polar surface area (TPSA) is 82.5 Å². The van der Waals surface area contributed by atoms with E-state index in [1.54, 1.807) is 6.07 Å². The predicted molar refractivity (Wildman–Crippen MR) is 81.9 cm³/mol. The van der Waals surface area contributed by atoms with E-state index in [4.69, 9.17) is 27.1 Å². The normalized spacial score (nSPS) is 11.7. The first-order chi connectivity index (χ1) is 9.38. The van der Waals surface area contributed by atoms with E-state index in [1.165, 1.54) is 6.26 Å². The Labute approximate surface area is 122 Å². The van der Waals surface area contributed by atoms with Crippen LogP contribution in [0.1, 0.15) is 12.2 Å². The van der Waals surface area contributed by atoms with Gasteiger partial charge in [-0.2, -0.15) is 0 Å². The van der Waals surface area contributed by atoms with Crippen molar-refractivity contribution in [3.05, 3.63) is 30.0 Å². The van der Waals surface area contributed by atoms with Gasteiger partial charge in [0.05, 0.1) is 17.7 Å². The van der Waals surface area contributed by atoms with Gasteiger partial charge < -0.3 is 14.9 Å². The van der Waals surface area contributed by atoms with Gasteiger partial charge in [0, 0.05) is 6.26 Å². The monoisotopic (exact) mass is 313 g/mol. The number of nitrogens with two attached hydrogens (primary N) is 1. The first kappa shape index (κ1) is 14.8. The Balaban J connectivity index is 2.19. The summed E-state index contributed by atoms with van der Waals surface area (Å²) < 4.78 is 33.3. The van der Waals surface area contributed by atoms with Crippen molar-refractivity contribution in [2.24, 2.45) is 5.73 Å². The summed E-state index contributed by atoms with van der Waals surface area (Å²) in [5, 5.41) is 0.773. The molecule has 0 amide bonds. The Morgan fingerprint density at radius 2 is 2.10 bits per heavy atom. The van der Waals surface area contributed by atoms with Gasteiger partial charge in [0.25, 0.3) is 0 Å². The highest BCUT2D eigenvalue weighted by molar-refractivity contribution is 7.90. The number of rotatable bonds is 6. The quantitative estimate of drug-likeness (QED) is 0.647. The van der Waals surface area contributed by atoms with E-state index in [0.717, 1.165) is 5.39 Å². The molecular formula is C13H15NO4S2. The molecule has 108 valence electrons. The Hall–Kier alpha value is -1.60. The van der Waals surface area contributed by atoms with E-state index >= 15 is 0 Å². The molecule has 1 heterocycles. The van der Waals surface area contributed by atoms with Crippen molar-refractivity contribution in [2.75, 3.05) is 18.6 Å². The van der Waals surface area contributed by atoms with Crippen molar-refractivity contribution in [3.8, 4) is 5.75 Å². The largest absolute Gasteiger partial charge is 0.489 e. The molecule has 0 aliphatic heterocycles. The third kappa shape index (κ3) is 3.49. The number of thiocarbonyl (C=S) groups is 1. The molecule has 0 aliphatic carbocycles. The molecule has 7 heteroatoms. The SMILES string of the molecule is CS(=O)(=O)CCCOc1c(C(N)=S)oc2ccccc12. The summed E-state index contributed by atoms with van der Waals surface area (Å²) >= 11 is 4.94. The minimum absolute atomic E-state index is 0.0746. The fraction of sp³-hybridized carbons (Fsp3) is 0.308. The van der Waals surface area contributed by atoms with Crippen LogP contribution in [-0.4, -0.2) is 32.0 Å². The minimum atomic E-state index is -2.99. The van der Waals surface area contributed by atoms with Crippen molar-refractivity contribution in [1.29, 1.82) is 0 Å². The van der Waals surface area contributed by atoms with Crippen LogP contribution in [0, 0.1) is 0 Å². The molecule has 0 unspecified atom stereocenters. The molecule has 0 saturated carbocycles. The van der Waals surface area contributed by atoms with E-state index in [9.17, 15) is 8.42 Å². The number of ether oxygens (including phenoxy) is 1. The zero-order valence-corrected chi connectivity index (χ0v) is 12.6. The lowest BCUT2D eigenvalue weighted by atomic mass is 10.2. The predicted octanol–water partition coefficient (Wildman–Crippen LogP) is 1.88. The average Bonchev–Trinajstić information content (AvgIpc) is 2.72. The molecule has 0 radical (unpaired) electrons. The molecule has 20 heavy (non-hydrogen) atoms. The molecule has 5 nitrogen and oxygen atoms in total.